The van der Waals surface area contributed by atoms with Gasteiger partial charge in [-0.2, -0.15) is 0 Å². The number of hydrogen-bond acceptors (Lipinski definition) is 3. The highest BCUT2D eigenvalue weighted by molar-refractivity contribution is 6.53. The van der Waals surface area contributed by atoms with E-state index < -0.39 is 11.6 Å². The van der Waals surface area contributed by atoms with Gasteiger partial charge in [0, 0.05) is 29.0 Å². The van der Waals surface area contributed by atoms with Crippen LogP contribution in [0, 0.1) is 6.92 Å². The van der Waals surface area contributed by atoms with E-state index in [1.807, 2.05) is 31.2 Å². The molecule has 2 aromatic rings. The van der Waals surface area contributed by atoms with Crippen molar-refractivity contribution >= 4 is 23.2 Å². The minimum atomic E-state index is -0.519. The van der Waals surface area contributed by atoms with E-state index in [1.165, 1.54) is 0 Å². The Morgan fingerprint density at radius 3 is 2.25 bits per heavy atom. The van der Waals surface area contributed by atoms with Crippen LogP contribution in [0.2, 0.25) is 0 Å². The van der Waals surface area contributed by atoms with Crippen LogP contribution in [0.5, 0.6) is 0 Å². The first-order chi connectivity index (χ1) is 11.6. The van der Waals surface area contributed by atoms with E-state index in [9.17, 15) is 14.4 Å². The van der Waals surface area contributed by atoms with Crippen LogP contribution in [0.15, 0.2) is 54.1 Å². The summed E-state index contributed by atoms with van der Waals surface area (Å²) >= 11 is 0. The third-order valence-corrected chi connectivity index (χ3v) is 4.64. The van der Waals surface area contributed by atoms with Gasteiger partial charge in [-0.25, -0.2) is 0 Å². The van der Waals surface area contributed by atoms with Crippen molar-refractivity contribution in [1.82, 2.24) is 5.32 Å². The van der Waals surface area contributed by atoms with Crippen molar-refractivity contribution < 1.29 is 14.4 Å². The van der Waals surface area contributed by atoms with Crippen LogP contribution in [0.4, 0.5) is 0 Å². The van der Waals surface area contributed by atoms with Crippen molar-refractivity contribution in [3.63, 3.8) is 0 Å². The van der Waals surface area contributed by atoms with Crippen LogP contribution in [0.25, 0.3) is 5.70 Å². The van der Waals surface area contributed by atoms with Gasteiger partial charge in [-0.3, -0.25) is 14.4 Å². The van der Waals surface area contributed by atoms with E-state index in [0.29, 0.717) is 22.4 Å². The van der Waals surface area contributed by atoms with Gasteiger partial charge in [-0.05, 0) is 12.5 Å². The fourth-order valence-corrected chi connectivity index (χ4v) is 3.43. The van der Waals surface area contributed by atoms with Crippen LogP contribution in [0.1, 0.15) is 39.4 Å². The molecule has 0 bridgehead atoms. The van der Waals surface area contributed by atoms with Crippen LogP contribution < -0.4 is 5.32 Å². The van der Waals surface area contributed by atoms with E-state index in [1.54, 1.807) is 24.3 Å². The second-order valence-electron chi connectivity index (χ2n) is 6.21. The zero-order valence-corrected chi connectivity index (χ0v) is 13.1. The molecular formula is C20H15NO3. The molecule has 0 radical (unpaired) electrons. The van der Waals surface area contributed by atoms with Crippen molar-refractivity contribution in [3.05, 3.63) is 76.4 Å². The topological polar surface area (TPSA) is 63.2 Å². The molecule has 24 heavy (non-hydrogen) atoms. The normalized spacial score (nSPS) is 19.7. The molecule has 1 aliphatic carbocycles. The molecule has 0 spiro atoms. The lowest BCUT2D eigenvalue weighted by Gasteiger charge is -2.31. The zero-order valence-electron chi connectivity index (χ0n) is 13.1. The summed E-state index contributed by atoms with van der Waals surface area (Å²) in [7, 11) is 0. The standard InChI is InChI=1S/C20H15NO3/c1-11-6-8-12(9-7-11)15-10-16(22)21-18-13-4-2-3-5-14(13)19(23)20(24)17(15)18/h2-9,15H,10H2,1H3,(H,21,22). The van der Waals surface area contributed by atoms with E-state index >= 15 is 0 Å². The van der Waals surface area contributed by atoms with Crippen molar-refractivity contribution in [2.45, 2.75) is 19.3 Å². The largest absolute Gasteiger partial charge is 0.325 e. The second-order valence-corrected chi connectivity index (χ2v) is 6.21. The number of ketones is 2. The SMILES string of the molecule is Cc1ccc(C2CC(=O)NC3=C2C(=O)C(=O)c2ccccc23)cc1. The predicted octanol–water partition coefficient (Wildman–Crippen LogP) is 2.78. The van der Waals surface area contributed by atoms with E-state index in [2.05, 4.69) is 5.32 Å². The molecule has 4 rings (SSSR count). The number of rotatable bonds is 1. The molecule has 1 atom stereocenters. The zero-order chi connectivity index (χ0) is 16.8. The Morgan fingerprint density at radius 1 is 0.875 bits per heavy atom. The van der Waals surface area contributed by atoms with Gasteiger partial charge in [0.1, 0.15) is 0 Å². The fourth-order valence-electron chi connectivity index (χ4n) is 3.43. The number of nitrogens with one attached hydrogen (secondary N) is 1. The van der Waals surface area contributed by atoms with Gasteiger partial charge in [-0.1, -0.05) is 54.1 Å². The van der Waals surface area contributed by atoms with Crippen molar-refractivity contribution in [3.8, 4) is 0 Å². The van der Waals surface area contributed by atoms with Gasteiger partial charge < -0.3 is 5.32 Å². The van der Waals surface area contributed by atoms with Gasteiger partial charge >= 0.3 is 0 Å². The molecule has 1 amide bonds. The molecule has 0 fully saturated rings. The van der Waals surface area contributed by atoms with Gasteiger partial charge in [-0.15, -0.1) is 0 Å². The van der Waals surface area contributed by atoms with Gasteiger partial charge in [0.05, 0.1) is 5.70 Å². The van der Waals surface area contributed by atoms with Crippen molar-refractivity contribution in [1.29, 1.82) is 0 Å². The first-order valence-electron chi connectivity index (χ1n) is 7.85. The lowest BCUT2D eigenvalue weighted by molar-refractivity contribution is -0.120. The number of amides is 1. The third kappa shape index (κ3) is 2.11. The summed E-state index contributed by atoms with van der Waals surface area (Å²) in [5.41, 5.74) is 3.85. The molecule has 1 N–H and O–H groups in total. The molecule has 0 saturated carbocycles. The highest BCUT2D eigenvalue weighted by Gasteiger charge is 2.40. The number of benzene rings is 2. The predicted molar refractivity (Wildman–Crippen MR) is 89.4 cm³/mol. The van der Waals surface area contributed by atoms with Gasteiger partial charge in [0.2, 0.25) is 17.5 Å². The number of carbonyl (C=O) groups excluding carboxylic acids is 3. The fraction of sp³-hybridized carbons (Fsp3) is 0.150. The molecule has 4 heteroatoms. The summed E-state index contributed by atoms with van der Waals surface area (Å²) in [4.78, 5) is 37.4. The Morgan fingerprint density at radius 2 is 1.54 bits per heavy atom. The maximum Gasteiger partial charge on any atom is 0.233 e. The average molecular weight is 317 g/mol. The van der Waals surface area contributed by atoms with E-state index in [4.69, 9.17) is 0 Å². The maximum absolute atomic E-state index is 12.7. The van der Waals surface area contributed by atoms with E-state index in [-0.39, 0.29) is 18.2 Å². The summed E-state index contributed by atoms with van der Waals surface area (Å²) in [6.07, 6.45) is 0.170. The quantitative estimate of drug-likeness (QED) is 0.823. The monoisotopic (exact) mass is 317 g/mol. The van der Waals surface area contributed by atoms with Gasteiger partial charge in [0.15, 0.2) is 0 Å². The molecule has 1 unspecified atom stereocenters. The number of carbonyl (C=O) groups is 3. The maximum atomic E-state index is 12.7. The smallest absolute Gasteiger partial charge is 0.233 e. The molecule has 1 aliphatic heterocycles. The number of allylic oxidation sites excluding steroid dienone is 1. The second kappa shape index (κ2) is 5.27. The number of fused-ring (bicyclic) bond motifs is 2. The summed E-state index contributed by atoms with van der Waals surface area (Å²) < 4.78 is 0. The minimum Gasteiger partial charge on any atom is -0.325 e. The third-order valence-electron chi connectivity index (χ3n) is 4.64. The first kappa shape index (κ1) is 14.6. The summed E-state index contributed by atoms with van der Waals surface area (Å²) in [5, 5.41) is 2.80. The average Bonchev–Trinajstić information content (AvgIpc) is 2.59. The number of aryl methyl sites for hydroxylation is 1. The summed E-state index contributed by atoms with van der Waals surface area (Å²) in [6.45, 7) is 1.98. The molecule has 4 nitrogen and oxygen atoms in total. The van der Waals surface area contributed by atoms with Crippen molar-refractivity contribution in [2.75, 3.05) is 0 Å². The summed E-state index contributed by atoms with van der Waals surface area (Å²) in [6, 6.07) is 14.7. The molecule has 2 aromatic carbocycles. The van der Waals surface area contributed by atoms with Crippen LogP contribution in [-0.2, 0) is 9.59 Å². The van der Waals surface area contributed by atoms with Crippen LogP contribution in [0.3, 0.4) is 0 Å². The highest BCUT2D eigenvalue weighted by Crippen LogP contribution is 2.40. The van der Waals surface area contributed by atoms with Gasteiger partial charge in [0.25, 0.3) is 0 Å². The molecule has 0 aromatic heterocycles. The molecule has 118 valence electrons. The van der Waals surface area contributed by atoms with Crippen LogP contribution >= 0.6 is 0 Å². The molecule has 1 heterocycles. The number of Topliss-reactive ketones (excluding diaryl/α,β-unsaturated/α-hetero) is 2. The first-order valence-corrected chi connectivity index (χ1v) is 7.85. The Balaban J connectivity index is 1.95. The number of hydrogen-bond donors (Lipinski definition) is 1. The Labute approximate surface area is 139 Å². The summed E-state index contributed by atoms with van der Waals surface area (Å²) in [5.74, 6) is -1.55. The Kier molecular flexibility index (Phi) is 3.20. The molecule has 0 saturated heterocycles. The Bertz CT molecular complexity index is 922. The van der Waals surface area contributed by atoms with E-state index in [0.717, 1.165) is 11.1 Å². The van der Waals surface area contributed by atoms with Crippen molar-refractivity contribution in [2.24, 2.45) is 0 Å². The highest BCUT2D eigenvalue weighted by atomic mass is 16.2. The lowest BCUT2D eigenvalue weighted by atomic mass is 9.75. The molecule has 2 aliphatic rings. The molecular weight excluding hydrogens is 302 g/mol. The Hall–Kier alpha value is -3.01. The lowest BCUT2D eigenvalue weighted by Crippen LogP contribution is -2.39. The van der Waals surface area contributed by atoms with Crippen LogP contribution in [-0.4, -0.2) is 17.5 Å². The minimum absolute atomic E-state index is 0.142.